The minimum Gasteiger partial charge on any atom is -0.352 e. The van der Waals surface area contributed by atoms with Crippen molar-refractivity contribution in [1.29, 1.82) is 0 Å². The van der Waals surface area contributed by atoms with Crippen molar-refractivity contribution in [3.05, 3.63) is 65.0 Å². The summed E-state index contributed by atoms with van der Waals surface area (Å²) in [6.45, 7) is 3.04. The lowest BCUT2D eigenvalue weighted by Crippen LogP contribution is -2.25. The van der Waals surface area contributed by atoms with Crippen LogP contribution in [0.25, 0.3) is 0 Å². The van der Waals surface area contributed by atoms with Crippen LogP contribution in [-0.4, -0.2) is 10.9 Å². The van der Waals surface area contributed by atoms with Gasteiger partial charge in [-0.3, -0.25) is 9.78 Å². The molecule has 0 saturated carbocycles. The second kappa shape index (κ2) is 6.82. The van der Waals surface area contributed by atoms with E-state index in [1.807, 2.05) is 37.3 Å². The van der Waals surface area contributed by atoms with Gasteiger partial charge in [0.05, 0.1) is 6.42 Å². The average Bonchev–Trinajstić information content (AvgIpc) is 2.47. The molecule has 1 heterocycles. The Morgan fingerprint density at radius 3 is 2.55 bits per heavy atom. The number of pyridine rings is 1. The molecule has 2 aromatic rings. The van der Waals surface area contributed by atoms with Gasteiger partial charge in [0.25, 0.3) is 0 Å². The maximum absolute atomic E-state index is 11.9. The van der Waals surface area contributed by atoms with Crippen molar-refractivity contribution in [3.63, 3.8) is 0 Å². The molecule has 4 nitrogen and oxygen atoms in total. The highest BCUT2D eigenvalue weighted by molar-refractivity contribution is 5.78. The van der Waals surface area contributed by atoms with Gasteiger partial charge < -0.3 is 11.1 Å². The Morgan fingerprint density at radius 2 is 1.90 bits per heavy atom. The van der Waals surface area contributed by atoms with E-state index in [0.29, 0.717) is 19.5 Å². The predicted molar refractivity (Wildman–Crippen MR) is 78.9 cm³/mol. The van der Waals surface area contributed by atoms with Gasteiger partial charge in [0.15, 0.2) is 0 Å². The smallest absolute Gasteiger partial charge is 0.224 e. The number of hydrogen-bond donors (Lipinski definition) is 2. The van der Waals surface area contributed by atoms with E-state index in [1.165, 1.54) is 0 Å². The molecule has 0 saturated heterocycles. The van der Waals surface area contributed by atoms with E-state index in [2.05, 4.69) is 10.3 Å². The zero-order chi connectivity index (χ0) is 14.4. The van der Waals surface area contributed by atoms with Crippen LogP contribution in [0.5, 0.6) is 0 Å². The number of nitrogens with two attached hydrogens (primary N) is 1. The van der Waals surface area contributed by atoms with Crippen LogP contribution in [-0.2, 0) is 24.3 Å². The molecule has 1 aromatic carbocycles. The summed E-state index contributed by atoms with van der Waals surface area (Å²) in [6, 6.07) is 9.73. The molecule has 20 heavy (non-hydrogen) atoms. The number of rotatable bonds is 5. The normalized spacial score (nSPS) is 10.3. The molecular formula is C16H19N3O. The highest BCUT2D eigenvalue weighted by atomic mass is 16.1. The highest BCUT2D eigenvalue weighted by Gasteiger charge is 2.04. The summed E-state index contributed by atoms with van der Waals surface area (Å²) in [7, 11) is 0. The molecule has 3 N–H and O–H groups in total. The molecule has 104 valence electrons. The van der Waals surface area contributed by atoms with Crippen LogP contribution in [0.2, 0.25) is 0 Å². The minimum absolute atomic E-state index is 0.00810. The van der Waals surface area contributed by atoms with E-state index >= 15 is 0 Å². The van der Waals surface area contributed by atoms with Gasteiger partial charge >= 0.3 is 0 Å². The third-order valence-corrected chi connectivity index (χ3v) is 3.25. The molecule has 4 heteroatoms. The average molecular weight is 269 g/mol. The van der Waals surface area contributed by atoms with Crippen molar-refractivity contribution in [2.45, 2.75) is 26.4 Å². The van der Waals surface area contributed by atoms with Gasteiger partial charge in [-0.1, -0.05) is 24.3 Å². The zero-order valence-electron chi connectivity index (χ0n) is 11.6. The number of aryl methyl sites for hydroxylation is 1. The van der Waals surface area contributed by atoms with Crippen LogP contribution < -0.4 is 11.1 Å². The number of nitrogens with one attached hydrogen (secondary N) is 1. The van der Waals surface area contributed by atoms with Crippen molar-refractivity contribution in [2.24, 2.45) is 5.73 Å². The van der Waals surface area contributed by atoms with Crippen molar-refractivity contribution in [3.8, 4) is 0 Å². The quantitative estimate of drug-likeness (QED) is 0.868. The van der Waals surface area contributed by atoms with E-state index in [9.17, 15) is 4.79 Å². The molecule has 0 aliphatic heterocycles. The number of aromatic nitrogens is 1. The van der Waals surface area contributed by atoms with E-state index in [0.717, 1.165) is 22.3 Å². The maximum atomic E-state index is 11.9. The largest absolute Gasteiger partial charge is 0.352 e. The topological polar surface area (TPSA) is 68.0 Å². The van der Waals surface area contributed by atoms with Gasteiger partial charge in [-0.25, -0.2) is 0 Å². The Morgan fingerprint density at radius 1 is 1.20 bits per heavy atom. The third-order valence-electron chi connectivity index (χ3n) is 3.25. The number of amides is 1. The lowest BCUT2D eigenvalue weighted by molar-refractivity contribution is -0.120. The van der Waals surface area contributed by atoms with E-state index < -0.39 is 0 Å². The molecule has 0 unspecified atom stereocenters. The second-order valence-electron chi connectivity index (χ2n) is 4.78. The fraction of sp³-hybridized carbons (Fsp3) is 0.250. The molecule has 0 atom stereocenters. The van der Waals surface area contributed by atoms with Gasteiger partial charge in [0, 0.05) is 25.5 Å². The maximum Gasteiger partial charge on any atom is 0.224 e. The first kappa shape index (κ1) is 14.2. The minimum atomic E-state index is 0.00810. The lowest BCUT2D eigenvalue weighted by Gasteiger charge is -2.07. The van der Waals surface area contributed by atoms with E-state index in [4.69, 9.17) is 5.73 Å². The molecule has 0 aliphatic carbocycles. The number of benzene rings is 1. The summed E-state index contributed by atoms with van der Waals surface area (Å²) in [6.07, 6.45) is 3.91. The second-order valence-corrected chi connectivity index (χ2v) is 4.78. The Bertz CT molecular complexity index is 579. The van der Waals surface area contributed by atoms with Crippen molar-refractivity contribution in [1.82, 2.24) is 10.3 Å². The standard InChI is InChI=1S/C16H19N3O/c1-12-6-7-18-10-15(12)11-19-16(20)8-13-2-4-14(9-17)5-3-13/h2-7,10H,8-9,11,17H2,1H3,(H,19,20). The monoisotopic (exact) mass is 269 g/mol. The number of hydrogen-bond acceptors (Lipinski definition) is 3. The van der Waals surface area contributed by atoms with Gasteiger partial charge in [-0.2, -0.15) is 0 Å². The molecule has 0 bridgehead atoms. The van der Waals surface area contributed by atoms with Crippen LogP contribution in [0.4, 0.5) is 0 Å². The summed E-state index contributed by atoms with van der Waals surface area (Å²) < 4.78 is 0. The van der Waals surface area contributed by atoms with Crippen LogP contribution in [0.15, 0.2) is 42.7 Å². The number of carbonyl (C=O) groups is 1. The number of nitrogens with zero attached hydrogens (tertiary/aromatic N) is 1. The highest BCUT2D eigenvalue weighted by Crippen LogP contribution is 2.06. The van der Waals surface area contributed by atoms with Crippen LogP contribution in [0, 0.1) is 6.92 Å². The molecule has 0 aliphatic rings. The Hall–Kier alpha value is -2.20. The van der Waals surface area contributed by atoms with Gasteiger partial charge in [0.1, 0.15) is 0 Å². The van der Waals surface area contributed by atoms with Crippen molar-refractivity contribution >= 4 is 5.91 Å². The first-order valence-electron chi connectivity index (χ1n) is 6.63. The SMILES string of the molecule is Cc1ccncc1CNC(=O)Cc1ccc(CN)cc1. The molecule has 2 rings (SSSR count). The number of carbonyl (C=O) groups excluding carboxylic acids is 1. The molecule has 0 spiro atoms. The van der Waals surface area contributed by atoms with Crippen LogP contribution in [0.1, 0.15) is 22.3 Å². The first-order chi connectivity index (χ1) is 9.69. The Kier molecular flexibility index (Phi) is 4.85. The summed E-state index contributed by atoms with van der Waals surface area (Å²) in [5.41, 5.74) is 9.77. The zero-order valence-corrected chi connectivity index (χ0v) is 11.6. The molecule has 1 amide bonds. The molecule has 0 fully saturated rings. The summed E-state index contributed by atoms with van der Waals surface area (Å²) in [4.78, 5) is 16.0. The van der Waals surface area contributed by atoms with E-state index in [-0.39, 0.29) is 5.91 Å². The van der Waals surface area contributed by atoms with Gasteiger partial charge in [-0.05, 0) is 35.2 Å². The molecular weight excluding hydrogens is 250 g/mol. The van der Waals surface area contributed by atoms with Gasteiger partial charge in [0.2, 0.25) is 5.91 Å². The van der Waals surface area contributed by atoms with Crippen LogP contribution >= 0.6 is 0 Å². The third kappa shape index (κ3) is 3.90. The van der Waals surface area contributed by atoms with Crippen LogP contribution in [0.3, 0.4) is 0 Å². The fourth-order valence-electron chi connectivity index (χ4n) is 1.92. The predicted octanol–water partition coefficient (Wildman–Crippen LogP) is 1.71. The summed E-state index contributed by atoms with van der Waals surface area (Å²) in [5.74, 6) is 0.00810. The van der Waals surface area contributed by atoms with Crippen molar-refractivity contribution in [2.75, 3.05) is 0 Å². The summed E-state index contributed by atoms with van der Waals surface area (Å²) in [5, 5.41) is 2.91. The summed E-state index contributed by atoms with van der Waals surface area (Å²) >= 11 is 0. The van der Waals surface area contributed by atoms with E-state index in [1.54, 1.807) is 12.4 Å². The lowest BCUT2D eigenvalue weighted by atomic mass is 10.1. The Labute approximate surface area is 119 Å². The molecule has 1 aromatic heterocycles. The van der Waals surface area contributed by atoms with Crippen molar-refractivity contribution < 1.29 is 4.79 Å². The molecule has 0 radical (unpaired) electrons. The fourth-order valence-corrected chi connectivity index (χ4v) is 1.92. The first-order valence-corrected chi connectivity index (χ1v) is 6.63. The van der Waals surface area contributed by atoms with Gasteiger partial charge in [-0.15, -0.1) is 0 Å². The Balaban J connectivity index is 1.87.